The van der Waals surface area contributed by atoms with Crippen molar-refractivity contribution in [3.05, 3.63) is 81.4 Å². The zero-order chi connectivity index (χ0) is 22.1. The molecule has 0 fully saturated rings. The Balaban J connectivity index is 2.37. The van der Waals surface area contributed by atoms with Crippen molar-refractivity contribution in [2.24, 2.45) is 0 Å². The van der Waals surface area contributed by atoms with Crippen LogP contribution in [0.4, 0.5) is 0 Å². The van der Waals surface area contributed by atoms with Gasteiger partial charge < -0.3 is 10.1 Å². The van der Waals surface area contributed by atoms with E-state index >= 15 is 0 Å². The first-order valence-electron chi connectivity index (χ1n) is 9.36. The minimum absolute atomic E-state index is 0.0248. The van der Waals surface area contributed by atoms with E-state index in [-0.39, 0.29) is 18.2 Å². The van der Waals surface area contributed by atoms with E-state index in [1.54, 1.807) is 24.3 Å². The van der Waals surface area contributed by atoms with E-state index < -0.39 is 5.91 Å². The Kier molecular flexibility index (Phi) is 8.41. The number of nitrogens with zero attached hydrogens (tertiary/aromatic N) is 2. The number of carbonyl (C=O) groups excluding carboxylic acids is 1. The molecule has 0 saturated heterocycles. The van der Waals surface area contributed by atoms with Crippen LogP contribution in [0.2, 0.25) is 0 Å². The Morgan fingerprint density at radius 3 is 2.63 bits per heavy atom. The zero-order valence-electron chi connectivity index (χ0n) is 16.9. The van der Waals surface area contributed by atoms with Crippen LogP contribution in [0.1, 0.15) is 36.1 Å². The maximum absolute atomic E-state index is 12.2. The third-order valence-electron chi connectivity index (χ3n) is 4.11. The highest BCUT2D eigenvalue weighted by Crippen LogP contribution is 2.33. The lowest BCUT2D eigenvalue weighted by molar-refractivity contribution is -0.117. The van der Waals surface area contributed by atoms with E-state index in [0.29, 0.717) is 27.8 Å². The van der Waals surface area contributed by atoms with E-state index in [9.17, 15) is 15.3 Å². The molecule has 0 atom stereocenters. The van der Waals surface area contributed by atoms with Crippen LogP contribution in [0.25, 0.3) is 6.08 Å². The zero-order valence-corrected chi connectivity index (χ0v) is 18.5. The van der Waals surface area contributed by atoms with Crippen molar-refractivity contribution in [2.75, 3.05) is 0 Å². The van der Waals surface area contributed by atoms with Crippen LogP contribution in [0.3, 0.4) is 0 Å². The molecule has 0 aliphatic heterocycles. The van der Waals surface area contributed by atoms with Gasteiger partial charge in [0.25, 0.3) is 5.91 Å². The third-order valence-corrected chi connectivity index (χ3v) is 4.70. The lowest BCUT2D eigenvalue weighted by atomic mass is 10.0. The van der Waals surface area contributed by atoms with Gasteiger partial charge in [-0.05, 0) is 71.6 Å². The molecule has 0 bridgehead atoms. The summed E-state index contributed by atoms with van der Waals surface area (Å²) in [5.41, 5.74) is 2.92. The number of hydrogen-bond donors (Lipinski definition) is 1. The van der Waals surface area contributed by atoms with Crippen molar-refractivity contribution in [3.63, 3.8) is 0 Å². The van der Waals surface area contributed by atoms with Crippen molar-refractivity contribution in [3.8, 4) is 17.9 Å². The Labute approximate surface area is 185 Å². The molecule has 0 heterocycles. The number of allylic oxidation sites excluding steroid dienone is 1. The molecule has 0 aromatic heterocycles. The number of carbonyl (C=O) groups is 1. The molecular weight excluding hydrogens is 442 g/mol. The fourth-order valence-electron chi connectivity index (χ4n) is 2.79. The number of benzene rings is 2. The molecule has 0 spiro atoms. The molecule has 2 aromatic rings. The van der Waals surface area contributed by atoms with Gasteiger partial charge in [0.2, 0.25) is 0 Å². The summed E-state index contributed by atoms with van der Waals surface area (Å²) in [5, 5.41) is 21.3. The molecule has 30 heavy (non-hydrogen) atoms. The van der Waals surface area contributed by atoms with Gasteiger partial charge in [0, 0.05) is 11.6 Å². The van der Waals surface area contributed by atoms with Crippen LogP contribution in [-0.2, 0) is 17.8 Å². The highest BCUT2D eigenvalue weighted by Gasteiger charge is 2.14. The van der Waals surface area contributed by atoms with Gasteiger partial charge in [0.15, 0.2) is 0 Å². The number of hydrogen-bond acceptors (Lipinski definition) is 4. The molecule has 0 saturated carbocycles. The topological polar surface area (TPSA) is 85.9 Å². The van der Waals surface area contributed by atoms with Crippen LogP contribution in [0.15, 0.2) is 59.1 Å². The summed E-state index contributed by atoms with van der Waals surface area (Å²) in [4.78, 5) is 12.2. The lowest BCUT2D eigenvalue weighted by Gasteiger charge is -2.15. The number of rotatable bonds is 8. The SMILES string of the molecule is C=CCc1cc(/C=C(/C#N)C(=O)NC(C)C)cc(Br)c1OCc1ccccc1C#N. The minimum Gasteiger partial charge on any atom is -0.487 e. The highest BCUT2D eigenvalue weighted by molar-refractivity contribution is 9.10. The molecule has 2 rings (SSSR count). The minimum atomic E-state index is -0.415. The van der Waals surface area contributed by atoms with E-state index in [4.69, 9.17) is 4.74 Å². The fraction of sp³-hybridized carbons (Fsp3) is 0.208. The number of halogens is 1. The first-order valence-corrected chi connectivity index (χ1v) is 10.2. The van der Waals surface area contributed by atoms with Crippen LogP contribution in [-0.4, -0.2) is 11.9 Å². The molecule has 1 N–H and O–H groups in total. The van der Waals surface area contributed by atoms with Crippen molar-refractivity contribution >= 4 is 27.9 Å². The third kappa shape index (κ3) is 6.07. The molecule has 0 radical (unpaired) electrons. The summed E-state index contributed by atoms with van der Waals surface area (Å²) in [6.45, 7) is 7.70. The van der Waals surface area contributed by atoms with Gasteiger partial charge in [-0.1, -0.05) is 24.3 Å². The van der Waals surface area contributed by atoms with Gasteiger partial charge in [-0.15, -0.1) is 6.58 Å². The van der Waals surface area contributed by atoms with E-state index in [2.05, 4.69) is 33.9 Å². The highest BCUT2D eigenvalue weighted by atomic mass is 79.9. The average Bonchev–Trinajstić information content (AvgIpc) is 2.71. The van der Waals surface area contributed by atoms with Gasteiger partial charge in [-0.2, -0.15) is 10.5 Å². The second-order valence-corrected chi connectivity index (χ2v) is 7.69. The lowest BCUT2D eigenvalue weighted by Crippen LogP contribution is -2.30. The maximum Gasteiger partial charge on any atom is 0.262 e. The van der Waals surface area contributed by atoms with Gasteiger partial charge in [-0.3, -0.25) is 4.79 Å². The fourth-order valence-corrected chi connectivity index (χ4v) is 3.42. The van der Waals surface area contributed by atoms with E-state index in [1.165, 1.54) is 0 Å². The van der Waals surface area contributed by atoms with Crippen molar-refractivity contribution < 1.29 is 9.53 Å². The molecule has 0 aliphatic carbocycles. The predicted molar refractivity (Wildman–Crippen MR) is 120 cm³/mol. The largest absolute Gasteiger partial charge is 0.487 e. The van der Waals surface area contributed by atoms with Crippen LogP contribution >= 0.6 is 15.9 Å². The monoisotopic (exact) mass is 463 g/mol. The summed E-state index contributed by atoms with van der Waals surface area (Å²) in [7, 11) is 0. The van der Waals surface area contributed by atoms with Crippen LogP contribution < -0.4 is 10.1 Å². The Hall–Kier alpha value is -3.35. The summed E-state index contributed by atoms with van der Waals surface area (Å²) in [6, 6.07) is 15.0. The first kappa shape index (κ1) is 22.9. The van der Waals surface area contributed by atoms with Gasteiger partial charge in [0.1, 0.15) is 24.0 Å². The molecular formula is C24H22BrN3O2. The van der Waals surface area contributed by atoms with E-state index in [0.717, 1.165) is 11.1 Å². The second kappa shape index (κ2) is 11.0. The number of ether oxygens (including phenoxy) is 1. The molecule has 1 amide bonds. The smallest absolute Gasteiger partial charge is 0.262 e. The second-order valence-electron chi connectivity index (χ2n) is 6.84. The molecule has 0 unspecified atom stereocenters. The summed E-state index contributed by atoms with van der Waals surface area (Å²) < 4.78 is 6.71. The quantitative estimate of drug-likeness (QED) is 0.336. The number of nitriles is 2. The Morgan fingerprint density at radius 2 is 2.00 bits per heavy atom. The van der Waals surface area contributed by atoms with Gasteiger partial charge in [0.05, 0.1) is 16.1 Å². The maximum atomic E-state index is 12.2. The Bertz CT molecular complexity index is 1060. The molecule has 152 valence electrons. The Morgan fingerprint density at radius 1 is 1.27 bits per heavy atom. The van der Waals surface area contributed by atoms with Crippen molar-refractivity contribution in [1.82, 2.24) is 5.32 Å². The van der Waals surface area contributed by atoms with Gasteiger partial charge in [-0.25, -0.2) is 0 Å². The van der Waals surface area contributed by atoms with Crippen molar-refractivity contribution in [1.29, 1.82) is 10.5 Å². The molecule has 6 heteroatoms. The summed E-state index contributed by atoms with van der Waals surface area (Å²) >= 11 is 3.53. The first-order chi connectivity index (χ1) is 14.4. The average molecular weight is 464 g/mol. The normalized spacial score (nSPS) is 10.8. The molecule has 2 aromatic carbocycles. The molecule has 0 aliphatic rings. The van der Waals surface area contributed by atoms with Crippen LogP contribution in [0, 0.1) is 22.7 Å². The summed E-state index contributed by atoms with van der Waals surface area (Å²) in [5.74, 6) is 0.215. The van der Waals surface area contributed by atoms with Crippen molar-refractivity contribution in [2.45, 2.75) is 32.9 Å². The standard InChI is InChI=1S/C24H22BrN3O2/c1-4-7-18-10-17(11-21(14-27)24(29)28-16(2)3)12-22(25)23(18)30-15-20-9-6-5-8-19(20)13-26/h4-6,8-12,16H,1,7,15H2,2-3H3,(H,28,29)/b21-11-. The van der Waals surface area contributed by atoms with Gasteiger partial charge >= 0.3 is 0 Å². The molecule has 5 nitrogen and oxygen atoms in total. The van der Waals surface area contributed by atoms with Crippen LogP contribution in [0.5, 0.6) is 5.75 Å². The predicted octanol–water partition coefficient (Wildman–Crippen LogP) is 5.06. The summed E-state index contributed by atoms with van der Waals surface area (Å²) in [6.07, 6.45) is 3.83. The number of amides is 1. The number of nitrogens with one attached hydrogen (secondary N) is 1. The van der Waals surface area contributed by atoms with E-state index in [1.807, 2.05) is 44.2 Å².